The smallest absolute Gasteiger partial charge is 0.126 e. The van der Waals surface area contributed by atoms with Crippen molar-refractivity contribution >= 4 is 0 Å². The average Bonchev–Trinajstić information content (AvgIpc) is 2.87. The molecule has 4 atom stereocenters. The van der Waals surface area contributed by atoms with E-state index in [0.29, 0.717) is 16.7 Å². The molecule has 1 aromatic carbocycles. The molecule has 0 unspecified atom stereocenters. The van der Waals surface area contributed by atoms with Crippen molar-refractivity contribution in [2.75, 3.05) is 14.2 Å². The first-order valence-corrected chi connectivity index (χ1v) is 10.0. The molecule has 0 bridgehead atoms. The van der Waals surface area contributed by atoms with Crippen LogP contribution in [0.25, 0.3) is 0 Å². The van der Waals surface area contributed by atoms with E-state index in [1.54, 1.807) is 7.11 Å². The molecular weight excluding hydrogens is 308 g/mol. The second kappa shape index (κ2) is 5.41. The Balaban J connectivity index is 1.83. The molecule has 25 heavy (non-hydrogen) atoms. The van der Waals surface area contributed by atoms with E-state index < -0.39 is 0 Å². The van der Waals surface area contributed by atoms with Crippen molar-refractivity contribution < 1.29 is 9.47 Å². The highest BCUT2D eigenvalue weighted by atomic mass is 16.5. The maximum absolute atomic E-state index is 5.84. The molecule has 0 aromatic heterocycles. The molecule has 0 radical (unpaired) electrons. The van der Waals surface area contributed by atoms with Crippen LogP contribution in [0.2, 0.25) is 0 Å². The molecular formula is C23H34O2. The van der Waals surface area contributed by atoms with E-state index in [-0.39, 0.29) is 5.41 Å². The SMILES string of the molecule is COc1cc2c(c(OC)c1)[C@@]1(C)CC[C@@H]3C(C)(C)CCC[C@@]3(C)[C@@H]1C2. The summed E-state index contributed by atoms with van der Waals surface area (Å²) in [5.41, 5.74) is 4.10. The Morgan fingerprint density at radius 1 is 0.920 bits per heavy atom. The Kier molecular flexibility index (Phi) is 3.73. The Morgan fingerprint density at radius 2 is 1.68 bits per heavy atom. The number of ether oxygens (including phenoxy) is 2. The van der Waals surface area contributed by atoms with E-state index in [4.69, 9.17) is 9.47 Å². The van der Waals surface area contributed by atoms with Gasteiger partial charge in [-0.25, -0.2) is 0 Å². The summed E-state index contributed by atoms with van der Waals surface area (Å²) in [6.07, 6.45) is 7.98. The predicted molar refractivity (Wildman–Crippen MR) is 103 cm³/mol. The zero-order valence-electron chi connectivity index (χ0n) is 16.9. The summed E-state index contributed by atoms with van der Waals surface area (Å²) in [7, 11) is 3.56. The van der Waals surface area contributed by atoms with E-state index in [2.05, 4.69) is 39.8 Å². The van der Waals surface area contributed by atoms with Gasteiger partial charge in [-0.3, -0.25) is 0 Å². The lowest BCUT2D eigenvalue weighted by Crippen LogP contribution is -2.55. The molecule has 0 N–H and O–H groups in total. The largest absolute Gasteiger partial charge is 0.497 e. The number of benzene rings is 1. The number of fused-ring (bicyclic) bond motifs is 5. The molecule has 3 aliphatic rings. The third kappa shape index (κ3) is 2.22. The van der Waals surface area contributed by atoms with E-state index in [1.807, 2.05) is 7.11 Å². The van der Waals surface area contributed by atoms with Gasteiger partial charge in [0.1, 0.15) is 11.5 Å². The fourth-order valence-electron chi connectivity index (χ4n) is 7.36. The molecule has 0 heterocycles. The van der Waals surface area contributed by atoms with Crippen molar-refractivity contribution in [1.82, 2.24) is 0 Å². The molecule has 0 saturated heterocycles. The lowest BCUT2D eigenvalue weighted by Gasteiger charge is -2.61. The normalized spacial score (nSPS) is 38.5. The average molecular weight is 343 g/mol. The number of hydrogen-bond acceptors (Lipinski definition) is 2. The van der Waals surface area contributed by atoms with Gasteiger partial charge in [-0.2, -0.15) is 0 Å². The van der Waals surface area contributed by atoms with Gasteiger partial charge < -0.3 is 9.47 Å². The van der Waals surface area contributed by atoms with Crippen LogP contribution in [0.1, 0.15) is 70.9 Å². The molecule has 3 aliphatic carbocycles. The summed E-state index contributed by atoms with van der Waals surface area (Å²) in [6.45, 7) is 10.2. The number of rotatable bonds is 2. The van der Waals surface area contributed by atoms with Crippen molar-refractivity contribution in [3.05, 3.63) is 23.3 Å². The minimum atomic E-state index is 0.242. The highest BCUT2D eigenvalue weighted by molar-refractivity contribution is 5.55. The molecule has 2 saturated carbocycles. The third-order valence-electron chi connectivity index (χ3n) is 8.40. The Labute approximate surface area is 153 Å². The lowest BCUT2D eigenvalue weighted by molar-refractivity contribution is -0.0984. The zero-order valence-corrected chi connectivity index (χ0v) is 16.9. The van der Waals surface area contributed by atoms with E-state index in [1.165, 1.54) is 49.7 Å². The first-order valence-electron chi connectivity index (χ1n) is 10.0. The second-order valence-corrected chi connectivity index (χ2v) is 9.98. The summed E-state index contributed by atoms with van der Waals surface area (Å²) in [6, 6.07) is 4.36. The third-order valence-corrected chi connectivity index (χ3v) is 8.40. The molecule has 2 fully saturated rings. The van der Waals surface area contributed by atoms with Gasteiger partial charge in [0.05, 0.1) is 14.2 Å². The van der Waals surface area contributed by atoms with Gasteiger partial charge in [-0.15, -0.1) is 0 Å². The van der Waals surface area contributed by atoms with Crippen LogP contribution in [-0.2, 0) is 11.8 Å². The monoisotopic (exact) mass is 342 g/mol. The molecule has 1 aromatic rings. The zero-order chi connectivity index (χ0) is 18.0. The minimum Gasteiger partial charge on any atom is -0.497 e. The van der Waals surface area contributed by atoms with Crippen molar-refractivity contribution in [3.8, 4) is 11.5 Å². The Morgan fingerprint density at radius 3 is 2.36 bits per heavy atom. The number of methoxy groups -OCH3 is 2. The standard InChI is InChI=1S/C23H34O2/c1-21(2)9-7-10-22(3)18(21)8-11-23(4)19(22)13-15-12-16(24-5)14-17(25-6)20(15)23/h12,14,18-19H,7-11,13H2,1-6H3/t18-,19+,22-,23+/m1/s1. The van der Waals surface area contributed by atoms with Gasteiger partial charge in [-0.05, 0) is 66.4 Å². The van der Waals surface area contributed by atoms with Crippen LogP contribution in [0.4, 0.5) is 0 Å². The summed E-state index contributed by atoms with van der Waals surface area (Å²) < 4.78 is 11.4. The van der Waals surface area contributed by atoms with Gasteiger partial charge in [-0.1, -0.05) is 34.1 Å². The van der Waals surface area contributed by atoms with Gasteiger partial charge in [0.2, 0.25) is 0 Å². The van der Waals surface area contributed by atoms with Crippen molar-refractivity contribution in [2.24, 2.45) is 22.7 Å². The second-order valence-electron chi connectivity index (χ2n) is 9.98. The van der Waals surface area contributed by atoms with Gasteiger partial charge >= 0.3 is 0 Å². The van der Waals surface area contributed by atoms with Crippen LogP contribution in [-0.4, -0.2) is 14.2 Å². The van der Waals surface area contributed by atoms with Crippen LogP contribution in [0, 0.1) is 22.7 Å². The molecule has 138 valence electrons. The molecule has 2 heteroatoms. The molecule has 0 aliphatic heterocycles. The predicted octanol–water partition coefficient (Wildman–Crippen LogP) is 5.76. The maximum atomic E-state index is 5.84. The quantitative estimate of drug-likeness (QED) is 0.680. The van der Waals surface area contributed by atoms with E-state index >= 15 is 0 Å². The summed E-state index contributed by atoms with van der Waals surface area (Å²) in [4.78, 5) is 0. The Hall–Kier alpha value is -1.18. The molecule has 0 spiro atoms. The van der Waals surface area contributed by atoms with E-state index in [0.717, 1.165) is 17.4 Å². The first kappa shape index (κ1) is 17.2. The van der Waals surface area contributed by atoms with Crippen molar-refractivity contribution in [3.63, 3.8) is 0 Å². The van der Waals surface area contributed by atoms with Crippen LogP contribution < -0.4 is 9.47 Å². The van der Waals surface area contributed by atoms with Crippen LogP contribution in [0.3, 0.4) is 0 Å². The first-order chi connectivity index (χ1) is 11.8. The lowest BCUT2D eigenvalue weighted by atomic mass is 9.43. The van der Waals surface area contributed by atoms with Gasteiger partial charge in [0.25, 0.3) is 0 Å². The van der Waals surface area contributed by atoms with Crippen molar-refractivity contribution in [2.45, 2.75) is 71.6 Å². The minimum absolute atomic E-state index is 0.242. The maximum Gasteiger partial charge on any atom is 0.126 e. The fraction of sp³-hybridized carbons (Fsp3) is 0.739. The Bertz CT molecular complexity index is 692. The van der Waals surface area contributed by atoms with Gasteiger partial charge in [0.15, 0.2) is 0 Å². The van der Waals surface area contributed by atoms with Crippen LogP contribution in [0.5, 0.6) is 11.5 Å². The highest BCUT2D eigenvalue weighted by Crippen LogP contribution is 2.68. The topological polar surface area (TPSA) is 18.5 Å². The van der Waals surface area contributed by atoms with E-state index in [9.17, 15) is 0 Å². The summed E-state index contributed by atoms with van der Waals surface area (Å²) in [5, 5.41) is 0. The van der Waals surface area contributed by atoms with Crippen LogP contribution >= 0.6 is 0 Å². The fourth-order valence-corrected chi connectivity index (χ4v) is 7.36. The number of hydrogen-bond donors (Lipinski definition) is 0. The summed E-state index contributed by atoms with van der Waals surface area (Å²) in [5.74, 6) is 3.53. The van der Waals surface area contributed by atoms with Crippen LogP contribution in [0.15, 0.2) is 12.1 Å². The highest BCUT2D eigenvalue weighted by Gasteiger charge is 2.61. The van der Waals surface area contributed by atoms with Crippen molar-refractivity contribution in [1.29, 1.82) is 0 Å². The molecule has 0 amide bonds. The molecule has 4 rings (SSSR count). The summed E-state index contributed by atoms with van der Waals surface area (Å²) >= 11 is 0. The van der Waals surface area contributed by atoms with Gasteiger partial charge in [0, 0.05) is 17.0 Å². The molecule has 2 nitrogen and oxygen atoms in total.